The molecule has 0 radical (unpaired) electrons. The largest absolute Gasteiger partial charge is 0.355 e. The third-order valence-corrected chi connectivity index (χ3v) is 4.94. The fraction of sp³-hybridized carbons (Fsp3) is 0.500. The van der Waals surface area contributed by atoms with E-state index in [4.69, 9.17) is 0 Å². The van der Waals surface area contributed by atoms with Crippen molar-refractivity contribution in [3.63, 3.8) is 0 Å². The quantitative estimate of drug-likeness (QED) is 0.653. The Morgan fingerprint density at radius 3 is 3.00 bits per heavy atom. The first-order valence-corrected chi connectivity index (χ1v) is 8.69. The molecule has 0 aliphatic rings. The van der Waals surface area contributed by atoms with Gasteiger partial charge in [0.05, 0.1) is 11.3 Å². The zero-order valence-corrected chi connectivity index (χ0v) is 14.0. The van der Waals surface area contributed by atoms with Crippen LogP contribution in [0.3, 0.4) is 0 Å². The molecule has 2 rings (SSSR count). The van der Waals surface area contributed by atoms with Crippen molar-refractivity contribution in [3.8, 4) is 0 Å². The normalized spacial score (nSPS) is 11.2. The van der Waals surface area contributed by atoms with Crippen molar-refractivity contribution in [2.24, 2.45) is 13.0 Å². The summed E-state index contributed by atoms with van der Waals surface area (Å²) in [5.74, 6) is 0.815. The van der Waals surface area contributed by atoms with E-state index in [1.807, 2.05) is 11.4 Å². The highest BCUT2D eigenvalue weighted by molar-refractivity contribution is 7.99. The molecule has 0 aliphatic carbocycles. The number of aromatic nitrogens is 2. The second kappa shape index (κ2) is 7.09. The molecule has 2 heterocycles. The van der Waals surface area contributed by atoms with E-state index in [1.165, 1.54) is 27.7 Å². The first-order valence-electron chi connectivity index (χ1n) is 6.82. The Hall–Kier alpha value is -1.34. The van der Waals surface area contributed by atoms with E-state index >= 15 is 0 Å². The van der Waals surface area contributed by atoms with Crippen molar-refractivity contribution >= 4 is 39.2 Å². The Kier molecular flexibility index (Phi) is 5.41. The average molecular weight is 325 g/mol. The smallest absolute Gasteiger partial charge is 0.271 e. The van der Waals surface area contributed by atoms with Gasteiger partial charge in [0.15, 0.2) is 5.16 Å². The number of carbonyl (C=O) groups is 1. The molecule has 0 aromatic carbocycles. The highest BCUT2D eigenvalue weighted by Gasteiger charge is 2.11. The molecule has 2 aromatic rings. The lowest BCUT2D eigenvalue weighted by Crippen LogP contribution is -2.27. The van der Waals surface area contributed by atoms with Crippen LogP contribution in [0.1, 0.15) is 20.3 Å². The van der Waals surface area contributed by atoms with Gasteiger partial charge < -0.3 is 5.32 Å². The predicted octanol–water partition coefficient (Wildman–Crippen LogP) is 2.25. The summed E-state index contributed by atoms with van der Waals surface area (Å²) in [7, 11) is 1.69. The fourth-order valence-electron chi connectivity index (χ4n) is 1.78. The van der Waals surface area contributed by atoms with Gasteiger partial charge in [-0.05, 0) is 23.8 Å². The van der Waals surface area contributed by atoms with Gasteiger partial charge in [0.25, 0.3) is 5.56 Å². The molecular formula is C14H19N3O2S2. The Morgan fingerprint density at radius 1 is 1.52 bits per heavy atom. The van der Waals surface area contributed by atoms with Gasteiger partial charge in [0, 0.05) is 13.6 Å². The molecule has 0 aliphatic heterocycles. The zero-order valence-electron chi connectivity index (χ0n) is 12.4. The molecule has 0 spiro atoms. The molecule has 0 saturated carbocycles. The summed E-state index contributed by atoms with van der Waals surface area (Å²) >= 11 is 2.68. The lowest BCUT2D eigenvalue weighted by Gasteiger charge is -2.08. The van der Waals surface area contributed by atoms with Crippen LogP contribution in [0.25, 0.3) is 10.2 Å². The van der Waals surface area contributed by atoms with Crippen molar-refractivity contribution in [1.82, 2.24) is 14.9 Å². The summed E-state index contributed by atoms with van der Waals surface area (Å²) in [6.45, 7) is 4.93. The maximum Gasteiger partial charge on any atom is 0.271 e. The van der Waals surface area contributed by atoms with E-state index in [0.717, 1.165) is 6.42 Å². The molecule has 1 amide bonds. The van der Waals surface area contributed by atoms with Crippen molar-refractivity contribution < 1.29 is 4.79 Å². The second-order valence-electron chi connectivity index (χ2n) is 5.21. The number of amides is 1. The number of thioether (sulfide) groups is 1. The van der Waals surface area contributed by atoms with E-state index < -0.39 is 0 Å². The summed E-state index contributed by atoms with van der Waals surface area (Å²) in [5.41, 5.74) is 0.642. The Labute approximate surface area is 131 Å². The van der Waals surface area contributed by atoms with Gasteiger partial charge in [0.1, 0.15) is 4.70 Å². The standard InChI is InChI=1S/C14H19N3O2S2/c1-9(2)4-6-15-11(18)8-21-14-16-10-5-7-20-12(10)13(19)17(14)3/h5,7,9H,4,6,8H2,1-3H3,(H,15,18). The molecule has 21 heavy (non-hydrogen) atoms. The molecule has 0 bridgehead atoms. The molecular weight excluding hydrogens is 306 g/mol. The monoisotopic (exact) mass is 325 g/mol. The van der Waals surface area contributed by atoms with Crippen molar-refractivity contribution in [3.05, 3.63) is 21.8 Å². The topological polar surface area (TPSA) is 64.0 Å². The average Bonchev–Trinajstić information content (AvgIpc) is 2.89. The minimum atomic E-state index is -0.0577. The lowest BCUT2D eigenvalue weighted by atomic mass is 10.1. The number of rotatable bonds is 6. The fourth-order valence-corrected chi connectivity index (χ4v) is 3.39. The van der Waals surface area contributed by atoms with Crippen LogP contribution in [0.4, 0.5) is 0 Å². The number of fused-ring (bicyclic) bond motifs is 1. The third-order valence-electron chi connectivity index (χ3n) is 3.02. The first-order chi connectivity index (χ1) is 9.99. The first kappa shape index (κ1) is 16.0. The molecule has 0 saturated heterocycles. The van der Waals surface area contributed by atoms with Crippen molar-refractivity contribution in [1.29, 1.82) is 0 Å². The molecule has 2 aromatic heterocycles. The van der Waals surface area contributed by atoms with E-state index in [-0.39, 0.29) is 17.2 Å². The van der Waals surface area contributed by atoms with Gasteiger partial charge >= 0.3 is 0 Å². The van der Waals surface area contributed by atoms with Crippen LogP contribution in [0.15, 0.2) is 21.4 Å². The summed E-state index contributed by atoms with van der Waals surface area (Å²) < 4.78 is 2.16. The number of hydrogen-bond donors (Lipinski definition) is 1. The minimum Gasteiger partial charge on any atom is -0.355 e. The number of thiophene rings is 1. The number of nitrogens with one attached hydrogen (secondary N) is 1. The summed E-state index contributed by atoms with van der Waals surface area (Å²) in [5, 5.41) is 5.30. The van der Waals surface area contributed by atoms with Gasteiger partial charge in [-0.3, -0.25) is 14.2 Å². The molecule has 0 atom stereocenters. The SMILES string of the molecule is CC(C)CCNC(=O)CSc1nc2ccsc2c(=O)n1C. The van der Waals surface area contributed by atoms with E-state index in [9.17, 15) is 9.59 Å². The van der Waals surface area contributed by atoms with Gasteiger partial charge in [-0.2, -0.15) is 0 Å². The van der Waals surface area contributed by atoms with Gasteiger partial charge in [-0.1, -0.05) is 25.6 Å². The Bertz CT molecular complexity index is 691. The maximum absolute atomic E-state index is 12.1. The lowest BCUT2D eigenvalue weighted by molar-refractivity contribution is -0.118. The molecule has 0 fully saturated rings. The number of carbonyl (C=O) groups excluding carboxylic acids is 1. The maximum atomic E-state index is 12.1. The van der Waals surface area contributed by atoms with Crippen LogP contribution in [-0.4, -0.2) is 27.8 Å². The summed E-state index contributed by atoms with van der Waals surface area (Å²) in [6, 6.07) is 1.83. The highest BCUT2D eigenvalue weighted by Crippen LogP contribution is 2.19. The molecule has 7 heteroatoms. The third kappa shape index (κ3) is 4.07. The number of hydrogen-bond acceptors (Lipinski definition) is 5. The molecule has 5 nitrogen and oxygen atoms in total. The Balaban J connectivity index is 1.98. The van der Waals surface area contributed by atoms with Crippen molar-refractivity contribution in [2.75, 3.05) is 12.3 Å². The van der Waals surface area contributed by atoms with Crippen LogP contribution < -0.4 is 10.9 Å². The zero-order chi connectivity index (χ0) is 15.4. The van der Waals surface area contributed by atoms with Gasteiger partial charge in [0.2, 0.25) is 5.91 Å². The second-order valence-corrected chi connectivity index (χ2v) is 7.07. The van der Waals surface area contributed by atoms with Crippen LogP contribution >= 0.6 is 23.1 Å². The highest BCUT2D eigenvalue weighted by atomic mass is 32.2. The summed E-state index contributed by atoms with van der Waals surface area (Å²) in [6.07, 6.45) is 0.966. The Morgan fingerprint density at radius 2 is 2.29 bits per heavy atom. The molecule has 1 N–H and O–H groups in total. The van der Waals surface area contributed by atoms with E-state index in [0.29, 0.717) is 27.8 Å². The van der Waals surface area contributed by atoms with Crippen LogP contribution in [0, 0.1) is 5.92 Å². The van der Waals surface area contributed by atoms with Gasteiger partial charge in [-0.15, -0.1) is 11.3 Å². The van der Waals surface area contributed by atoms with E-state index in [1.54, 1.807) is 7.05 Å². The van der Waals surface area contributed by atoms with Crippen LogP contribution in [-0.2, 0) is 11.8 Å². The van der Waals surface area contributed by atoms with E-state index in [2.05, 4.69) is 24.1 Å². The van der Waals surface area contributed by atoms with Gasteiger partial charge in [-0.25, -0.2) is 4.98 Å². The summed E-state index contributed by atoms with van der Waals surface area (Å²) in [4.78, 5) is 28.3. The molecule has 114 valence electrons. The van der Waals surface area contributed by atoms with Crippen LogP contribution in [0.5, 0.6) is 0 Å². The molecule has 0 unspecified atom stereocenters. The van der Waals surface area contributed by atoms with Crippen LogP contribution in [0.2, 0.25) is 0 Å². The van der Waals surface area contributed by atoms with Crippen molar-refractivity contribution in [2.45, 2.75) is 25.4 Å². The predicted molar refractivity (Wildman–Crippen MR) is 88.0 cm³/mol. The number of nitrogens with zero attached hydrogens (tertiary/aromatic N) is 2. The minimum absolute atomic E-state index is 0.0275.